The molecule has 1 aliphatic heterocycles. The van der Waals surface area contributed by atoms with Gasteiger partial charge in [-0.15, -0.1) is 0 Å². The second kappa shape index (κ2) is 8.29. The molecule has 1 amide bonds. The van der Waals surface area contributed by atoms with Gasteiger partial charge in [0.1, 0.15) is 0 Å². The quantitative estimate of drug-likeness (QED) is 0.601. The summed E-state index contributed by atoms with van der Waals surface area (Å²) >= 11 is 0. The lowest BCUT2D eigenvalue weighted by atomic mass is 10.1. The first-order chi connectivity index (χ1) is 12.6. The second-order valence-corrected chi connectivity index (χ2v) is 10.5. The maximum Gasteiger partial charge on any atom is 0.226 e. The number of benzene rings is 1. The summed E-state index contributed by atoms with van der Waals surface area (Å²) < 4.78 is 23.6. The molecule has 0 bridgehead atoms. The first kappa shape index (κ1) is 21.2. The SMILES string of the molecule is CN=C(NCc1ccc(NC(=O)C(C)C)cc1)N1CCS(=O)(=O)C(C)(C)C1. The largest absolute Gasteiger partial charge is 0.352 e. The van der Waals surface area contributed by atoms with Gasteiger partial charge in [0.15, 0.2) is 15.8 Å². The molecule has 0 aromatic heterocycles. The average molecular weight is 395 g/mol. The van der Waals surface area contributed by atoms with Crippen LogP contribution in [-0.2, 0) is 21.2 Å². The molecule has 27 heavy (non-hydrogen) atoms. The number of anilines is 1. The minimum absolute atomic E-state index is 0.0102. The number of hydrogen-bond acceptors (Lipinski definition) is 4. The van der Waals surface area contributed by atoms with Crippen molar-refractivity contribution < 1.29 is 13.2 Å². The van der Waals surface area contributed by atoms with E-state index in [2.05, 4.69) is 15.6 Å². The van der Waals surface area contributed by atoms with E-state index >= 15 is 0 Å². The molecular weight excluding hydrogens is 364 g/mol. The van der Waals surface area contributed by atoms with Gasteiger partial charge in [-0.25, -0.2) is 8.42 Å². The highest BCUT2D eigenvalue weighted by Gasteiger charge is 2.40. The molecule has 2 rings (SSSR count). The highest BCUT2D eigenvalue weighted by molar-refractivity contribution is 7.92. The van der Waals surface area contributed by atoms with E-state index < -0.39 is 14.6 Å². The Labute approximate surface area is 162 Å². The number of hydrogen-bond donors (Lipinski definition) is 2. The van der Waals surface area contributed by atoms with Gasteiger partial charge in [-0.3, -0.25) is 9.79 Å². The molecule has 1 aromatic rings. The molecule has 1 saturated heterocycles. The van der Waals surface area contributed by atoms with Gasteiger partial charge in [-0.1, -0.05) is 26.0 Å². The molecule has 0 aliphatic carbocycles. The molecule has 1 fully saturated rings. The van der Waals surface area contributed by atoms with Crippen LogP contribution in [0.15, 0.2) is 29.3 Å². The van der Waals surface area contributed by atoms with E-state index in [0.29, 0.717) is 25.6 Å². The van der Waals surface area contributed by atoms with Crippen LogP contribution in [0.3, 0.4) is 0 Å². The van der Waals surface area contributed by atoms with Crippen LogP contribution in [0.2, 0.25) is 0 Å². The highest BCUT2D eigenvalue weighted by atomic mass is 32.2. The Morgan fingerprint density at radius 1 is 1.26 bits per heavy atom. The number of guanidine groups is 1. The van der Waals surface area contributed by atoms with E-state index in [0.717, 1.165) is 11.3 Å². The lowest BCUT2D eigenvalue weighted by Crippen LogP contribution is -2.57. The normalized spacial score (nSPS) is 19.0. The molecule has 0 unspecified atom stereocenters. The summed E-state index contributed by atoms with van der Waals surface area (Å²) in [6, 6.07) is 7.63. The minimum Gasteiger partial charge on any atom is -0.352 e. The Morgan fingerprint density at radius 3 is 2.41 bits per heavy atom. The smallest absolute Gasteiger partial charge is 0.226 e. The van der Waals surface area contributed by atoms with Crippen molar-refractivity contribution >= 4 is 27.4 Å². The number of carbonyl (C=O) groups is 1. The number of nitrogens with one attached hydrogen (secondary N) is 2. The Morgan fingerprint density at radius 2 is 1.89 bits per heavy atom. The standard InChI is InChI=1S/C19H30N4O3S/c1-14(2)17(24)22-16-8-6-15(7-9-16)12-21-18(20-5)23-10-11-27(25,26)19(3,4)13-23/h6-9,14H,10-13H2,1-5H3,(H,20,21)(H,22,24). The summed E-state index contributed by atoms with van der Waals surface area (Å²) in [7, 11) is -1.39. The Hall–Kier alpha value is -2.09. The summed E-state index contributed by atoms with van der Waals surface area (Å²) in [5.41, 5.74) is 1.81. The number of rotatable bonds is 4. The zero-order valence-electron chi connectivity index (χ0n) is 16.7. The minimum atomic E-state index is -3.08. The zero-order chi connectivity index (χ0) is 20.2. The molecular formula is C19H30N4O3S. The average Bonchev–Trinajstić information content (AvgIpc) is 2.59. The van der Waals surface area contributed by atoms with Gasteiger partial charge in [-0.2, -0.15) is 0 Å². The molecule has 0 atom stereocenters. The molecule has 0 radical (unpaired) electrons. The van der Waals surface area contributed by atoms with E-state index in [4.69, 9.17) is 0 Å². The van der Waals surface area contributed by atoms with E-state index in [1.807, 2.05) is 43.0 Å². The predicted octanol–water partition coefficient (Wildman–Crippen LogP) is 1.87. The van der Waals surface area contributed by atoms with E-state index in [1.54, 1.807) is 20.9 Å². The van der Waals surface area contributed by atoms with Gasteiger partial charge in [0.2, 0.25) is 5.91 Å². The fourth-order valence-corrected chi connectivity index (χ4v) is 4.20. The first-order valence-electron chi connectivity index (χ1n) is 9.13. The van der Waals surface area contributed by atoms with Crippen molar-refractivity contribution in [3.8, 4) is 0 Å². The van der Waals surface area contributed by atoms with Crippen LogP contribution >= 0.6 is 0 Å². The molecule has 1 aromatic carbocycles. The van der Waals surface area contributed by atoms with Crippen molar-refractivity contribution in [2.75, 3.05) is 31.2 Å². The molecule has 8 heteroatoms. The third-order valence-electron chi connectivity index (χ3n) is 4.75. The van der Waals surface area contributed by atoms with Gasteiger partial charge in [0.25, 0.3) is 0 Å². The molecule has 0 saturated carbocycles. The number of sulfone groups is 1. The van der Waals surface area contributed by atoms with Crippen molar-refractivity contribution in [2.45, 2.75) is 39.0 Å². The maximum atomic E-state index is 12.2. The summed E-state index contributed by atoms with van der Waals surface area (Å²) in [4.78, 5) is 18.0. The second-order valence-electron chi connectivity index (χ2n) is 7.74. The molecule has 2 N–H and O–H groups in total. The van der Waals surface area contributed by atoms with Gasteiger partial charge >= 0.3 is 0 Å². The van der Waals surface area contributed by atoms with Crippen LogP contribution in [-0.4, -0.2) is 55.8 Å². The molecule has 1 aliphatic rings. The zero-order valence-corrected chi connectivity index (χ0v) is 17.6. The number of amides is 1. The predicted molar refractivity (Wildman–Crippen MR) is 110 cm³/mol. The van der Waals surface area contributed by atoms with Crippen LogP contribution in [0.4, 0.5) is 5.69 Å². The van der Waals surface area contributed by atoms with Gasteiger partial charge in [0, 0.05) is 38.3 Å². The van der Waals surface area contributed by atoms with Gasteiger partial charge < -0.3 is 15.5 Å². The summed E-state index contributed by atoms with van der Waals surface area (Å²) in [5, 5.41) is 6.16. The van der Waals surface area contributed by atoms with Crippen LogP contribution < -0.4 is 10.6 Å². The van der Waals surface area contributed by atoms with Crippen molar-refractivity contribution in [1.29, 1.82) is 0 Å². The number of aliphatic imine (C=N–C) groups is 1. The van der Waals surface area contributed by atoms with Gasteiger partial charge in [0.05, 0.1) is 10.5 Å². The first-order valence-corrected chi connectivity index (χ1v) is 10.8. The third-order valence-corrected chi connectivity index (χ3v) is 7.28. The number of carbonyl (C=O) groups excluding carboxylic acids is 1. The van der Waals surface area contributed by atoms with Crippen LogP contribution in [0, 0.1) is 5.92 Å². The maximum absolute atomic E-state index is 12.2. The van der Waals surface area contributed by atoms with E-state index in [1.165, 1.54) is 0 Å². The van der Waals surface area contributed by atoms with Crippen LogP contribution in [0.25, 0.3) is 0 Å². The Kier molecular flexibility index (Phi) is 6.51. The fourth-order valence-electron chi connectivity index (χ4n) is 2.83. The lowest BCUT2D eigenvalue weighted by molar-refractivity contribution is -0.118. The third kappa shape index (κ3) is 5.22. The monoisotopic (exact) mass is 394 g/mol. The van der Waals surface area contributed by atoms with Crippen molar-refractivity contribution in [1.82, 2.24) is 10.2 Å². The van der Waals surface area contributed by atoms with Crippen molar-refractivity contribution in [2.24, 2.45) is 10.9 Å². The van der Waals surface area contributed by atoms with Crippen LogP contribution in [0.5, 0.6) is 0 Å². The highest BCUT2D eigenvalue weighted by Crippen LogP contribution is 2.23. The molecule has 7 nitrogen and oxygen atoms in total. The Bertz CT molecular complexity index is 799. The van der Waals surface area contributed by atoms with Gasteiger partial charge in [-0.05, 0) is 31.5 Å². The summed E-state index contributed by atoms with van der Waals surface area (Å²) in [5.74, 6) is 0.747. The molecule has 0 spiro atoms. The van der Waals surface area contributed by atoms with Crippen molar-refractivity contribution in [3.05, 3.63) is 29.8 Å². The van der Waals surface area contributed by atoms with E-state index in [-0.39, 0.29) is 17.6 Å². The van der Waals surface area contributed by atoms with Crippen LogP contribution in [0.1, 0.15) is 33.3 Å². The fraction of sp³-hybridized carbons (Fsp3) is 0.579. The lowest BCUT2D eigenvalue weighted by Gasteiger charge is -2.39. The number of nitrogens with zero attached hydrogens (tertiary/aromatic N) is 2. The summed E-state index contributed by atoms with van der Waals surface area (Å²) in [6.07, 6.45) is 0. The van der Waals surface area contributed by atoms with Crippen molar-refractivity contribution in [3.63, 3.8) is 0 Å². The summed E-state index contributed by atoms with van der Waals surface area (Å²) in [6.45, 7) is 8.63. The topological polar surface area (TPSA) is 90.9 Å². The van der Waals surface area contributed by atoms with E-state index in [9.17, 15) is 13.2 Å². The molecule has 150 valence electrons. The Balaban J connectivity index is 1.96. The molecule has 1 heterocycles.